The normalized spacial score (nSPS) is 19.4. The summed E-state index contributed by atoms with van der Waals surface area (Å²) in [5.41, 5.74) is 0.0582. The minimum atomic E-state index is 0.0127. The summed E-state index contributed by atoms with van der Waals surface area (Å²) < 4.78 is 0. The van der Waals surface area contributed by atoms with Gasteiger partial charge < -0.3 is 15.1 Å². The summed E-state index contributed by atoms with van der Waals surface area (Å²) in [5.74, 6) is 0.0445. The molecule has 1 aliphatic rings. The number of carbonyl (C=O) groups is 2. The smallest absolute Gasteiger partial charge is 0.242 e. The van der Waals surface area contributed by atoms with Gasteiger partial charge in [0.15, 0.2) is 0 Å². The van der Waals surface area contributed by atoms with Crippen LogP contribution < -0.4 is 5.32 Å². The lowest BCUT2D eigenvalue weighted by Crippen LogP contribution is -2.57. The van der Waals surface area contributed by atoms with Gasteiger partial charge in [0, 0.05) is 19.6 Å². The Morgan fingerprint density at radius 1 is 1.22 bits per heavy atom. The van der Waals surface area contributed by atoms with Crippen molar-refractivity contribution in [1.29, 1.82) is 0 Å². The van der Waals surface area contributed by atoms with Gasteiger partial charge in [-0.2, -0.15) is 0 Å². The molecular weight excluding hydrogens is 230 g/mol. The summed E-state index contributed by atoms with van der Waals surface area (Å²) in [6.07, 6.45) is 0. The average molecular weight is 255 g/mol. The Balaban J connectivity index is 2.69. The van der Waals surface area contributed by atoms with E-state index in [1.807, 2.05) is 0 Å². The third-order valence-electron chi connectivity index (χ3n) is 3.38. The molecule has 18 heavy (non-hydrogen) atoms. The fourth-order valence-corrected chi connectivity index (χ4v) is 2.04. The highest BCUT2D eigenvalue weighted by atomic mass is 16.2. The number of amides is 2. The summed E-state index contributed by atoms with van der Waals surface area (Å²) in [4.78, 5) is 26.7. The van der Waals surface area contributed by atoms with Crippen LogP contribution in [0.15, 0.2) is 0 Å². The van der Waals surface area contributed by atoms with Gasteiger partial charge in [0.1, 0.15) is 0 Å². The second kappa shape index (κ2) is 5.69. The van der Waals surface area contributed by atoms with Crippen LogP contribution in [0.1, 0.15) is 27.7 Å². The number of hydrogen-bond donors (Lipinski definition) is 1. The van der Waals surface area contributed by atoms with Gasteiger partial charge in [0.05, 0.1) is 13.1 Å². The molecule has 104 valence electrons. The van der Waals surface area contributed by atoms with Gasteiger partial charge in [-0.3, -0.25) is 9.59 Å². The predicted octanol–water partition coefficient (Wildman–Crippen LogP) is 0.311. The van der Waals surface area contributed by atoms with Crippen molar-refractivity contribution >= 4 is 11.8 Å². The first kappa shape index (κ1) is 15.0. The van der Waals surface area contributed by atoms with Crippen molar-refractivity contribution in [2.45, 2.75) is 33.7 Å². The second-order valence-electron chi connectivity index (χ2n) is 6.00. The van der Waals surface area contributed by atoms with E-state index in [9.17, 15) is 9.59 Å². The Morgan fingerprint density at radius 3 is 2.33 bits per heavy atom. The van der Waals surface area contributed by atoms with Crippen molar-refractivity contribution in [2.75, 3.05) is 33.2 Å². The zero-order valence-electron chi connectivity index (χ0n) is 12.1. The summed E-state index contributed by atoms with van der Waals surface area (Å²) in [6, 6.07) is 0.197. The molecule has 5 heteroatoms. The molecule has 0 aromatic rings. The molecule has 1 N–H and O–H groups in total. The molecule has 1 fully saturated rings. The third-order valence-corrected chi connectivity index (χ3v) is 3.38. The third kappa shape index (κ3) is 3.70. The minimum Gasteiger partial charge on any atom is -0.335 e. The second-order valence-corrected chi connectivity index (χ2v) is 6.00. The molecular formula is C13H25N3O2. The van der Waals surface area contributed by atoms with E-state index in [1.165, 1.54) is 4.90 Å². The molecule has 0 aromatic heterocycles. The molecule has 2 amide bonds. The first-order valence-corrected chi connectivity index (χ1v) is 6.50. The monoisotopic (exact) mass is 255 g/mol. The van der Waals surface area contributed by atoms with Crippen LogP contribution in [-0.2, 0) is 9.59 Å². The summed E-state index contributed by atoms with van der Waals surface area (Å²) >= 11 is 0. The standard InChI is InChI=1S/C13H25N3O2/c1-6-14-10(13(2,3)4)7-16-9-11(17)15(5)8-12(16)18/h10,14H,6-9H2,1-5H3. The quantitative estimate of drug-likeness (QED) is 0.786. The number of nitrogens with one attached hydrogen (secondary N) is 1. The summed E-state index contributed by atoms with van der Waals surface area (Å²) in [7, 11) is 1.67. The van der Waals surface area contributed by atoms with Gasteiger partial charge in [0.25, 0.3) is 0 Å². The maximum Gasteiger partial charge on any atom is 0.242 e. The first-order valence-electron chi connectivity index (χ1n) is 6.50. The van der Waals surface area contributed by atoms with Crippen LogP contribution in [0.5, 0.6) is 0 Å². The Morgan fingerprint density at radius 2 is 1.83 bits per heavy atom. The lowest BCUT2D eigenvalue weighted by molar-refractivity contribution is -0.149. The summed E-state index contributed by atoms with van der Waals surface area (Å²) in [5, 5.41) is 3.40. The van der Waals surface area contributed by atoms with Gasteiger partial charge in [0.2, 0.25) is 11.8 Å². The Bertz CT molecular complexity index is 323. The molecule has 1 atom stereocenters. The number of piperazine rings is 1. The van der Waals surface area contributed by atoms with Crippen molar-refractivity contribution in [1.82, 2.24) is 15.1 Å². The molecule has 5 nitrogen and oxygen atoms in total. The Hall–Kier alpha value is -1.10. The molecule has 1 heterocycles. The fourth-order valence-electron chi connectivity index (χ4n) is 2.04. The van der Waals surface area contributed by atoms with Gasteiger partial charge in [-0.15, -0.1) is 0 Å². The SMILES string of the molecule is CCNC(CN1CC(=O)N(C)CC1=O)C(C)(C)C. The van der Waals surface area contributed by atoms with E-state index in [-0.39, 0.29) is 36.4 Å². The van der Waals surface area contributed by atoms with E-state index in [0.29, 0.717) is 6.54 Å². The van der Waals surface area contributed by atoms with Crippen LogP contribution in [0.4, 0.5) is 0 Å². The number of likely N-dealkylation sites (N-methyl/N-ethyl adjacent to an activating group) is 2. The van der Waals surface area contributed by atoms with Crippen LogP contribution in [-0.4, -0.2) is 60.9 Å². The number of carbonyl (C=O) groups excluding carboxylic acids is 2. The van der Waals surface area contributed by atoms with Crippen LogP contribution in [0.2, 0.25) is 0 Å². The molecule has 0 aromatic carbocycles. The van der Waals surface area contributed by atoms with E-state index in [4.69, 9.17) is 0 Å². The molecule has 1 unspecified atom stereocenters. The molecule has 0 saturated carbocycles. The van der Waals surface area contributed by atoms with Crippen LogP contribution in [0.25, 0.3) is 0 Å². The van der Waals surface area contributed by atoms with Crippen LogP contribution >= 0.6 is 0 Å². The van der Waals surface area contributed by atoms with Crippen molar-refractivity contribution in [3.63, 3.8) is 0 Å². The van der Waals surface area contributed by atoms with Gasteiger partial charge in [-0.1, -0.05) is 27.7 Å². The van der Waals surface area contributed by atoms with Crippen molar-refractivity contribution in [2.24, 2.45) is 5.41 Å². The Kier molecular flexibility index (Phi) is 4.73. The lowest BCUT2D eigenvalue weighted by atomic mass is 9.86. The highest BCUT2D eigenvalue weighted by molar-refractivity contribution is 5.92. The average Bonchev–Trinajstić information content (AvgIpc) is 2.23. The van der Waals surface area contributed by atoms with E-state index in [0.717, 1.165) is 6.54 Å². The highest BCUT2D eigenvalue weighted by Gasteiger charge is 2.32. The first-order chi connectivity index (χ1) is 8.25. The molecule has 0 radical (unpaired) electrons. The topological polar surface area (TPSA) is 52.7 Å². The molecule has 0 aliphatic carbocycles. The number of nitrogens with zero attached hydrogens (tertiary/aromatic N) is 2. The van der Waals surface area contributed by atoms with Crippen LogP contribution in [0.3, 0.4) is 0 Å². The predicted molar refractivity (Wildman–Crippen MR) is 71.1 cm³/mol. The van der Waals surface area contributed by atoms with Crippen molar-refractivity contribution < 1.29 is 9.59 Å². The van der Waals surface area contributed by atoms with Crippen molar-refractivity contribution in [3.05, 3.63) is 0 Å². The van der Waals surface area contributed by atoms with Crippen LogP contribution in [0, 0.1) is 5.41 Å². The van der Waals surface area contributed by atoms with Crippen molar-refractivity contribution in [3.8, 4) is 0 Å². The zero-order chi connectivity index (χ0) is 13.9. The minimum absolute atomic E-state index is 0.0127. The van der Waals surface area contributed by atoms with Gasteiger partial charge >= 0.3 is 0 Å². The maximum atomic E-state index is 11.9. The Labute approximate surface area is 110 Å². The molecule has 0 bridgehead atoms. The lowest BCUT2D eigenvalue weighted by Gasteiger charge is -2.38. The van der Waals surface area contributed by atoms with E-state index >= 15 is 0 Å². The number of rotatable bonds is 4. The molecule has 0 spiro atoms. The van der Waals surface area contributed by atoms with E-state index < -0.39 is 0 Å². The molecule has 1 aliphatic heterocycles. The van der Waals surface area contributed by atoms with Gasteiger partial charge in [-0.05, 0) is 12.0 Å². The van der Waals surface area contributed by atoms with E-state index in [1.54, 1.807) is 11.9 Å². The highest BCUT2D eigenvalue weighted by Crippen LogP contribution is 2.20. The summed E-state index contributed by atoms with van der Waals surface area (Å²) in [6.45, 7) is 10.3. The maximum absolute atomic E-state index is 11.9. The van der Waals surface area contributed by atoms with Gasteiger partial charge in [-0.25, -0.2) is 0 Å². The number of hydrogen-bond acceptors (Lipinski definition) is 3. The molecule has 1 rings (SSSR count). The largest absolute Gasteiger partial charge is 0.335 e. The van der Waals surface area contributed by atoms with E-state index in [2.05, 4.69) is 33.0 Å². The zero-order valence-corrected chi connectivity index (χ0v) is 12.1. The fraction of sp³-hybridized carbons (Fsp3) is 0.846. The molecule has 1 saturated heterocycles.